The van der Waals surface area contributed by atoms with E-state index in [-0.39, 0.29) is 19.3 Å². The van der Waals surface area contributed by atoms with Crippen molar-refractivity contribution in [3.63, 3.8) is 0 Å². The van der Waals surface area contributed by atoms with Crippen molar-refractivity contribution in [2.45, 2.75) is 39.0 Å². The van der Waals surface area contributed by atoms with Crippen LogP contribution in [0.1, 0.15) is 39.0 Å². The van der Waals surface area contributed by atoms with Gasteiger partial charge in [0.1, 0.15) is 0 Å². The van der Waals surface area contributed by atoms with Gasteiger partial charge in [0.05, 0.1) is 28.4 Å². The Hall–Kier alpha value is -2.90. The Morgan fingerprint density at radius 1 is 0.935 bits per heavy atom. The molecule has 0 bridgehead atoms. The first kappa shape index (κ1) is 26.1. The third-order valence-electron chi connectivity index (χ3n) is 5.86. The first-order valence-corrected chi connectivity index (χ1v) is 9.98. The molecule has 0 fully saturated rings. The van der Waals surface area contributed by atoms with Gasteiger partial charge in [0.2, 0.25) is 0 Å². The monoisotopic (exact) mass is 436 g/mol. The molecule has 1 atom stereocenters. The van der Waals surface area contributed by atoms with Gasteiger partial charge in [-0.2, -0.15) is 0 Å². The molecule has 0 saturated heterocycles. The van der Waals surface area contributed by atoms with Gasteiger partial charge >= 0.3 is 23.9 Å². The van der Waals surface area contributed by atoms with Crippen molar-refractivity contribution in [1.82, 2.24) is 0 Å². The van der Waals surface area contributed by atoms with Crippen molar-refractivity contribution in [2.24, 2.45) is 16.7 Å². The van der Waals surface area contributed by atoms with Crippen LogP contribution in [0.2, 0.25) is 0 Å². The van der Waals surface area contributed by atoms with Crippen LogP contribution in [0.15, 0.2) is 36.5 Å². The largest absolute Gasteiger partial charge is 0.468 e. The van der Waals surface area contributed by atoms with E-state index in [9.17, 15) is 19.2 Å². The summed E-state index contributed by atoms with van der Waals surface area (Å²) in [7, 11) is 4.82. The molecule has 1 rings (SSSR count). The minimum atomic E-state index is -1.66. The zero-order valence-corrected chi connectivity index (χ0v) is 18.9. The molecular formula is C23H32O8. The summed E-state index contributed by atoms with van der Waals surface area (Å²) in [5.41, 5.74) is -2.32. The van der Waals surface area contributed by atoms with Crippen LogP contribution in [0.25, 0.3) is 0 Å². The van der Waals surface area contributed by atoms with Gasteiger partial charge in [-0.3, -0.25) is 19.2 Å². The second kappa shape index (κ2) is 11.5. The average molecular weight is 437 g/mol. The Labute approximate surface area is 183 Å². The number of esters is 4. The van der Waals surface area contributed by atoms with Crippen LogP contribution in [-0.4, -0.2) is 52.3 Å². The van der Waals surface area contributed by atoms with Crippen LogP contribution in [0.3, 0.4) is 0 Å². The van der Waals surface area contributed by atoms with Crippen molar-refractivity contribution in [3.8, 4) is 0 Å². The second-order valence-electron chi connectivity index (χ2n) is 7.50. The normalized spacial score (nSPS) is 23.4. The van der Waals surface area contributed by atoms with Crippen LogP contribution in [0, 0.1) is 16.7 Å². The average Bonchev–Trinajstić information content (AvgIpc) is 2.79. The van der Waals surface area contributed by atoms with Crippen molar-refractivity contribution < 1.29 is 38.1 Å². The molecule has 8 heteroatoms. The highest BCUT2D eigenvalue weighted by molar-refractivity contribution is 6.01. The minimum Gasteiger partial charge on any atom is -0.468 e. The molecule has 1 aliphatic carbocycles. The highest BCUT2D eigenvalue weighted by atomic mass is 16.6. The molecule has 0 amide bonds. The zero-order chi connectivity index (χ0) is 23.7. The summed E-state index contributed by atoms with van der Waals surface area (Å²) in [6.45, 7) is 5.62. The fraction of sp³-hybridized carbons (Fsp3) is 0.565. The van der Waals surface area contributed by atoms with E-state index in [1.165, 1.54) is 34.5 Å². The molecule has 0 aromatic heterocycles. The number of ether oxygens (including phenoxy) is 4. The molecule has 0 heterocycles. The van der Waals surface area contributed by atoms with Crippen molar-refractivity contribution >= 4 is 23.9 Å². The first-order chi connectivity index (χ1) is 14.7. The molecule has 1 aliphatic rings. The molecule has 8 nitrogen and oxygen atoms in total. The van der Waals surface area contributed by atoms with Gasteiger partial charge in [-0.15, -0.1) is 6.58 Å². The van der Waals surface area contributed by atoms with Crippen molar-refractivity contribution in [3.05, 3.63) is 36.5 Å². The molecule has 0 saturated carbocycles. The molecule has 0 aromatic carbocycles. The molecule has 31 heavy (non-hydrogen) atoms. The number of hydrogen-bond donors (Lipinski definition) is 0. The maximum absolute atomic E-state index is 12.8. The van der Waals surface area contributed by atoms with E-state index in [2.05, 4.69) is 6.58 Å². The quantitative estimate of drug-likeness (QED) is 0.280. The van der Waals surface area contributed by atoms with Crippen LogP contribution in [0.5, 0.6) is 0 Å². The molecule has 0 aromatic rings. The topological polar surface area (TPSA) is 105 Å². The number of methoxy groups -OCH3 is 4. The Morgan fingerprint density at radius 2 is 1.45 bits per heavy atom. The van der Waals surface area contributed by atoms with E-state index >= 15 is 0 Å². The number of allylic oxidation sites excluding steroid dienone is 5. The SMILES string of the molecule is C=C[C@@H]1/C=C/CC(C(=O)OC)(C(=O)OC)CC/C(C)=C\CCC1(C(=O)OC)C(=O)OC. The predicted octanol–water partition coefficient (Wildman–Crippen LogP) is 2.92. The molecule has 172 valence electrons. The lowest BCUT2D eigenvalue weighted by Gasteiger charge is -2.33. The van der Waals surface area contributed by atoms with Gasteiger partial charge < -0.3 is 18.9 Å². The van der Waals surface area contributed by atoms with Crippen LogP contribution >= 0.6 is 0 Å². The summed E-state index contributed by atoms with van der Waals surface area (Å²) >= 11 is 0. The van der Waals surface area contributed by atoms with Gasteiger partial charge in [-0.25, -0.2) is 0 Å². The van der Waals surface area contributed by atoms with E-state index in [1.54, 1.807) is 12.2 Å². The molecular weight excluding hydrogens is 404 g/mol. The maximum atomic E-state index is 12.8. The summed E-state index contributed by atoms with van der Waals surface area (Å²) in [4.78, 5) is 51.0. The van der Waals surface area contributed by atoms with Crippen molar-refractivity contribution in [1.29, 1.82) is 0 Å². The number of hydrogen-bond acceptors (Lipinski definition) is 8. The lowest BCUT2D eigenvalue weighted by molar-refractivity contribution is -0.173. The second-order valence-corrected chi connectivity index (χ2v) is 7.50. The standard InChI is InChI=1S/C23H32O8/c1-7-17-11-9-13-22(18(24)28-3,19(25)29-4)15-12-16(2)10-8-14-23(17,20(26)30-5)21(27)31-6/h7,9-11,17H,1,8,12-15H2,2-6H3/b11-9+,16-10-/t17-/m1/s1. The van der Waals surface area contributed by atoms with E-state index in [4.69, 9.17) is 18.9 Å². The third kappa shape index (κ3) is 5.24. The minimum absolute atomic E-state index is 0.0393. The van der Waals surface area contributed by atoms with E-state index in [1.807, 2.05) is 13.0 Å². The van der Waals surface area contributed by atoms with Gasteiger partial charge in [0.25, 0.3) is 0 Å². The lowest BCUT2D eigenvalue weighted by Crippen LogP contribution is -2.46. The summed E-state index contributed by atoms with van der Waals surface area (Å²) in [5, 5.41) is 0. The number of carbonyl (C=O) groups is 4. The smallest absolute Gasteiger partial charge is 0.324 e. The molecule has 0 radical (unpaired) electrons. The fourth-order valence-electron chi connectivity index (χ4n) is 3.96. The zero-order valence-electron chi connectivity index (χ0n) is 18.9. The third-order valence-corrected chi connectivity index (χ3v) is 5.86. The van der Waals surface area contributed by atoms with Gasteiger partial charge in [0, 0.05) is 5.92 Å². The first-order valence-electron chi connectivity index (χ1n) is 9.98. The highest BCUT2D eigenvalue weighted by Crippen LogP contribution is 2.40. The number of rotatable bonds is 5. The molecule has 0 unspecified atom stereocenters. The van der Waals surface area contributed by atoms with Crippen LogP contribution in [-0.2, 0) is 38.1 Å². The van der Waals surface area contributed by atoms with Gasteiger partial charge in [0.15, 0.2) is 10.8 Å². The van der Waals surface area contributed by atoms with E-state index < -0.39 is 40.6 Å². The van der Waals surface area contributed by atoms with Gasteiger partial charge in [-0.05, 0) is 39.0 Å². The summed E-state index contributed by atoms with van der Waals surface area (Å²) < 4.78 is 19.8. The Kier molecular flexibility index (Phi) is 9.68. The Morgan fingerprint density at radius 3 is 1.90 bits per heavy atom. The van der Waals surface area contributed by atoms with E-state index in [0.717, 1.165) is 5.57 Å². The Bertz CT molecular complexity index is 730. The maximum Gasteiger partial charge on any atom is 0.324 e. The lowest BCUT2D eigenvalue weighted by atomic mass is 9.70. The van der Waals surface area contributed by atoms with Crippen LogP contribution < -0.4 is 0 Å². The summed E-state index contributed by atoms with van der Waals surface area (Å²) in [5.74, 6) is -3.71. The molecule has 0 aliphatic heterocycles. The van der Waals surface area contributed by atoms with Gasteiger partial charge in [-0.1, -0.05) is 29.9 Å². The van der Waals surface area contributed by atoms with E-state index in [0.29, 0.717) is 12.8 Å². The molecule has 0 spiro atoms. The predicted molar refractivity (Wildman–Crippen MR) is 113 cm³/mol. The van der Waals surface area contributed by atoms with Crippen molar-refractivity contribution in [2.75, 3.05) is 28.4 Å². The number of carbonyl (C=O) groups excluding carboxylic acids is 4. The molecule has 0 N–H and O–H groups in total. The summed E-state index contributed by atoms with van der Waals surface area (Å²) in [6, 6.07) is 0. The van der Waals surface area contributed by atoms with Crippen LogP contribution in [0.4, 0.5) is 0 Å². The Balaban J connectivity index is 3.66. The highest BCUT2D eigenvalue weighted by Gasteiger charge is 2.53. The fourth-order valence-corrected chi connectivity index (χ4v) is 3.96. The summed E-state index contributed by atoms with van der Waals surface area (Å²) in [6.07, 6.45) is 7.55.